The lowest BCUT2D eigenvalue weighted by molar-refractivity contribution is -0.356. The van der Waals surface area contributed by atoms with E-state index in [1.165, 1.54) is 0 Å². The summed E-state index contributed by atoms with van der Waals surface area (Å²) in [5.41, 5.74) is 3.04. The molecule has 6 nitrogen and oxygen atoms in total. The van der Waals surface area contributed by atoms with Crippen LogP contribution >= 0.6 is 0 Å². The van der Waals surface area contributed by atoms with Gasteiger partial charge in [0.25, 0.3) is 0 Å². The Kier molecular flexibility index (Phi) is 6.71. The molecule has 3 aromatic carbocycles. The van der Waals surface area contributed by atoms with Gasteiger partial charge in [0.05, 0.1) is 13.2 Å². The largest absolute Gasteiger partial charge is 0.462 e. The van der Waals surface area contributed by atoms with E-state index in [0.29, 0.717) is 19.0 Å². The minimum absolute atomic E-state index is 0.301. The zero-order valence-corrected chi connectivity index (χ0v) is 18.4. The van der Waals surface area contributed by atoms with Crippen molar-refractivity contribution in [2.45, 2.75) is 50.5 Å². The second-order valence-corrected chi connectivity index (χ2v) is 8.40. The van der Waals surface area contributed by atoms with Crippen LogP contribution in [0.25, 0.3) is 0 Å². The number of hydrogen-bond acceptors (Lipinski definition) is 6. The van der Waals surface area contributed by atoms with Crippen LogP contribution in [0.4, 0.5) is 0 Å². The fourth-order valence-electron chi connectivity index (χ4n) is 4.15. The number of hydrogen-bond donors (Lipinski definition) is 1. The van der Waals surface area contributed by atoms with Gasteiger partial charge in [0.2, 0.25) is 6.29 Å². The fraction of sp³-hybridized carbons (Fsp3) is 0.333. The molecule has 172 valence electrons. The lowest BCUT2D eigenvalue weighted by atomic mass is 9.97. The molecule has 3 aromatic rings. The molecular formula is C27H28O6. The summed E-state index contributed by atoms with van der Waals surface area (Å²) >= 11 is 0. The van der Waals surface area contributed by atoms with Crippen molar-refractivity contribution in [3.05, 3.63) is 102 Å². The second-order valence-electron chi connectivity index (χ2n) is 8.40. The molecule has 0 bridgehead atoms. The highest BCUT2D eigenvalue weighted by Crippen LogP contribution is 2.36. The van der Waals surface area contributed by atoms with Crippen LogP contribution < -0.4 is 4.74 Å². The summed E-state index contributed by atoms with van der Waals surface area (Å²) in [6.07, 6.45) is -4.12. The molecule has 2 fully saturated rings. The maximum atomic E-state index is 11.2. The molecule has 0 saturated carbocycles. The van der Waals surface area contributed by atoms with Gasteiger partial charge >= 0.3 is 0 Å². The number of aliphatic hydroxyl groups excluding tert-OH is 1. The van der Waals surface area contributed by atoms with E-state index >= 15 is 0 Å². The number of fused-ring (bicyclic) bond motifs is 1. The maximum Gasteiger partial charge on any atom is 0.229 e. The lowest BCUT2D eigenvalue weighted by Gasteiger charge is -2.47. The van der Waals surface area contributed by atoms with Crippen LogP contribution in [0.3, 0.4) is 0 Å². The van der Waals surface area contributed by atoms with Gasteiger partial charge in [-0.05, 0) is 24.6 Å². The van der Waals surface area contributed by atoms with Crippen LogP contribution in [0.15, 0.2) is 84.9 Å². The Morgan fingerprint density at radius 2 is 1.58 bits per heavy atom. The SMILES string of the molecule is Cc1ccc(O[C@@H]2O[C@@H]3COC(c4ccccc4)O[C@H]3[C@H](OCc3ccccc3)[C@H]2O)cc1. The summed E-state index contributed by atoms with van der Waals surface area (Å²) in [5.74, 6) is 0.615. The van der Waals surface area contributed by atoms with Crippen LogP contribution in [0, 0.1) is 6.92 Å². The van der Waals surface area contributed by atoms with Gasteiger partial charge in [-0.3, -0.25) is 0 Å². The van der Waals surface area contributed by atoms with Crippen molar-refractivity contribution in [2.24, 2.45) is 0 Å². The van der Waals surface area contributed by atoms with E-state index in [-0.39, 0.29) is 0 Å². The van der Waals surface area contributed by atoms with Crippen molar-refractivity contribution in [2.75, 3.05) is 6.61 Å². The van der Waals surface area contributed by atoms with Crippen molar-refractivity contribution in [3.63, 3.8) is 0 Å². The predicted octanol–water partition coefficient (Wildman–Crippen LogP) is 4.16. The van der Waals surface area contributed by atoms with Gasteiger partial charge in [-0.25, -0.2) is 0 Å². The first kappa shape index (κ1) is 22.1. The van der Waals surface area contributed by atoms with Crippen molar-refractivity contribution in [1.82, 2.24) is 0 Å². The monoisotopic (exact) mass is 448 g/mol. The lowest BCUT2D eigenvalue weighted by Crippen LogP contribution is -2.63. The Hall–Kier alpha value is -2.74. The minimum Gasteiger partial charge on any atom is -0.462 e. The summed E-state index contributed by atoms with van der Waals surface area (Å²) < 4.78 is 30.6. The number of aryl methyl sites for hydroxylation is 1. The van der Waals surface area contributed by atoms with Gasteiger partial charge in [0.1, 0.15) is 30.2 Å². The third-order valence-corrected chi connectivity index (χ3v) is 5.94. The van der Waals surface area contributed by atoms with Gasteiger partial charge in [-0.15, -0.1) is 0 Å². The molecule has 2 heterocycles. The average molecular weight is 449 g/mol. The molecule has 0 aromatic heterocycles. The summed E-state index contributed by atoms with van der Waals surface area (Å²) in [6.45, 7) is 2.65. The Morgan fingerprint density at radius 1 is 0.879 bits per heavy atom. The Bertz CT molecular complexity index is 1010. The molecule has 6 heteroatoms. The Balaban J connectivity index is 1.36. The van der Waals surface area contributed by atoms with Gasteiger partial charge in [0.15, 0.2) is 6.29 Å². The highest BCUT2D eigenvalue weighted by molar-refractivity contribution is 5.26. The van der Waals surface area contributed by atoms with E-state index in [1.807, 2.05) is 91.9 Å². The van der Waals surface area contributed by atoms with Gasteiger partial charge in [-0.2, -0.15) is 0 Å². The topological polar surface area (TPSA) is 66.4 Å². The molecule has 6 atom stereocenters. The average Bonchev–Trinajstić information content (AvgIpc) is 2.86. The number of aliphatic hydroxyl groups is 1. The normalized spacial score (nSPS) is 29.3. The van der Waals surface area contributed by atoms with Crippen LogP contribution in [-0.4, -0.2) is 42.4 Å². The van der Waals surface area contributed by atoms with E-state index in [9.17, 15) is 5.11 Å². The van der Waals surface area contributed by atoms with Crippen molar-refractivity contribution in [3.8, 4) is 5.75 Å². The summed E-state index contributed by atoms with van der Waals surface area (Å²) in [4.78, 5) is 0. The Morgan fingerprint density at radius 3 is 2.30 bits per heavy atom. The molecule has 1 unspecified atom stereocenters. The molecule has 0 spiro atoms. The highest BCUT2D eigenvalue weighted by atomic mass is 16.8. The molecule has 0 radical (unpaired) electrons. The molecule has 33 heavy (non-hydrogen) atoms. The first-order valence-corrected chi connectivity index (χ1v) is 11.2. The zero-order chi connectivity index (χ0) is 22.6. The third kappa shape index (κ3) is 5.11. The maximum absolute atomic E-state index is 11.2. The summed E-state index contributed by atoms with van der Waals surface area (Å²) in [6, 6.07) is 27.2. The van der Waals surface area contributed by atoms with Crippen molar-refractivity contribution in [1.29, 1.82) is 0 Å². The van der Waals surface area contributed by atoms with Crippen molar-refractivity contribution >= 4 is 0 Å². The number of rotatable bonds is 6. The fourth-order valence-corrected chi connectivity index (χ4v) is 4.15. The molecule has 0 amide bonds. The van der Waals surface area contributed by atoms with Crippen LogP contribution in [0.1, 0.15) is 23.0 Å². The van der Waals surface area contributed by atoms with Crippen LogP contribution in [-0.2, 0) is 25.6 Å². The zero-order valence-electron chi connectivity index (χ0n) is 18.4. The van der Waals surface area contributed by atoms with Crippen molar-refractivity contribution < 1.29 is 28.8 Å². The number of ether oxygens (including phenoxy) is 5. The van der Waals surface area contributed by atoms with E-state index in [4.69, 9.17) is 23.7 Å². The molecular weight excluding hydrogens is 420 g/mol. The molecule has 1 N–H and O–H groups in total. The van der Waals surface area contributed by atoms with E-state index in [1.54, 1.807) is 0 Å². The second kappa shape index (κ2) is 10.0. The molecule has 2 saturated heterocycles. The minimum atomic E-state index is -1.05. The number of benzene rings is 3. The first-order valence-electron chi connectivity index (χ1n) is 11.2. The van der Waals surface area contributed by atoms with Gasteiger partial charge < -0.3 is 28.8 Å². The summed E-state index contributed by atoms with van der Waals surface area (Å²) in [5, 5.41) is 11.2. The third-order valence-electron chi connectivity index (χ3n) is 5.94. The summed E-state index contributed by atoms with van der Waals surface area (Å²) in [7, 11) is 0. The first-order chi connectivity index (χ1) is 16.2. The van der Waals surface area contributed by atoms with Crippen LogP contribution in [0.2, 0.25) is 0 Å². The predicted molar refractivity (Wildman–Crippen MR) is 122 cm³/mol. The van der Waals surface area contributed by atoms with Gasteiger partial charge in [-0.1, -0.05) is 78.4 Å². The molecule has 5 rings (SSSR count). The van der Waals surface area contributed by atoms with E-state index in [0.717, 1.165) is 16.7 Å². The van der Waals surface area contributed by atoms with E-state index < -0.39 is 37.0 Å². The Labute approximate surface area is 193 Å². The molecule has 2 aliphatic heterocycles. The van der Waals surface area contributed by atoms with Crippen LogP contribution in [0.5, 0.6) is 5.75 Å². The molecule has 0 aliphatic carbocycles. The molecule has 2 aliphatic rings. The standard InChI is InChI=1S/C27H28O6/c1-18-12-14-21(15-13-18)31-27-23(28)25(29-16-19-8-4-2-5-9-19)24-22(32-27)17-30-26(33-24)20-10-6-3-7-11-20/h2-15,22-28H,16-17H2,1H3/t22-,23-,24-,25-,26?,27-/m1/s1. The quantitative estimate of drug-likeness (QED) is 0.611. The smallest absolute Gasteiger partial charge is 0.229 e. The van der Waals surface area contributed by atoms with Gasteiger partial charge in [0, 0.05) is 5.56 Å². The highest BCUT2D eigenvalue weighted by Gasteiger charge is 2.51. The van der Waals surface area contributed by atoms with E-state index in [2.05, 4.69) is 0 Å².